The minimum Gasteiger partial charge on any atom is -0.295 e. The average Bonchev–Trinajstić information content (AvgIpc) is 3.08. The topological polar surface area (TPSA) is 55.2 Å². The molecule has 1 aliphatic rings. The van der Waals surface area contributed by atoms with Crippen LogP contribution in [-0.4, -0.2) is 41.7 Å². The van der Waals surface area contributed by atoms with Crippen LogP contribution < -0.4 is 0 Å². The van der Waals surface area contributed by atoms with Gasteiger partial charge in [-0.15, -0.1) is 0 Å². The van der Waals surface area contributed by atoms with Gasteiger partial charge in [0.15, 0.2) is 9.84 Å². The minimum absolute atomic E-state index is 0.0428. The van der Waals surface area contributed by atoms with Crippen molar-refractivity contribution in [3.05, 3.63) is 51.8 Å². The van der Waals surface area contributed by atoms with Crippen molar-refractivity contribution in [1.82, 2.24) is 14.7 Å². The summed E-state index contributed by atoms with van der Waals surface area (Å²) in [4.78, 5) is 2.24. The lowest BCUT2D eigenvalue weighted by Crippen LogP contribution is -2.23. The SMILES string of the molecule is Cc1nn([C@H]2CCS(=O)(=O)C2)c(C)c1CN(C)[C@@H](C)c1ccccc1Cl. The average molecular weight is 396 g/mol. The highest BCUT2D eigenvalue weighted by Crippen LogP contribution is 2.30. The maximum atomic E-state index is 11.8. The highest BCUT2D eigenvalue weighted by molar-refractivity contribution is 7.91. The molecule has 0 N–H and O–H groups in total. The van der Waals surface area contributed by atoms with Gasteiger partial charge in [0, 0.05) is 28.9 Å². The van der Waals surface area contributed by atoms with E-state index in [0.717, 1.165) is 34.1 Å². The van der Waals surface area contributed by atoms with Crippen molar-refractivity contribution >= 4 is 21.4 Å². The van der Waals surface area contributed by atoms with E-state index in [9.17, 15) is 8.42 Å². The van der Waals surface area contributed by atoms with E-state index in [1.54, 1.807) is 0 Å². The Labute approximate surface area is 160 Å². The molecule has 26 heavy (non-hydrogen) atoms. The van der Waals surface area contributed by atoms with Crippen LogP contribution in [0.5, 0.6) is 0 Å². The zero-order valence-corrected chi connectivity index (χ0v) is 17.3. The molecule has 2 aromatic rings. The summed E-state index contributed by atoms with van der Waals surface area (Å²) in [7, 11) is -0.854. The van der Waals surface area contributed by atoms with Crippen molar-refractivity contribution in [1.29, 1.82) is 0 Å². The molecule has 0 amide bonds. The van der Waals surface area contributed by atoms with Gasteiger partial charge in [0.1, 0.15) is 0 Å². The number of benzene rings is 1. The number of nitrogens with zero attached hydrogens (tertiary/aromatic N) is 3. The summed E-state index contributed by atoms with van der Waals surface area (Å²) in [5, 5.41) is 5.43. The zero-order chi connectivity index (χ0) is 19.1. The third-order valence-corrected chi connectivity index (χ3v) is 7.55. The fraction of sp³-hybridized carbons (Fsp3) is 0.526. The summed E-state index contributed by atoms with van der Waals surface area (Å²) in [6.07, 6.45) is 0.648. The van der Waals surface area contributed by atoms with E-state index in [1.165, 1.54) is 0 Å². The highest BCUT2D eigenvalue weighted by atomic mass is 35.5. The molecule has 2 heterocycles. The van der Waals surface area contributed by atoms with Crippen molar-refractivity contribution in [2.75, 3.05) is 18.6 Å². The quantitative estimate of drug-likeness (QED) is 0.774. The molecule has 3 rings (SSSR count). The number of rotatable bonds is 5. The minimum atomic E-state index is -2.93. The van der Waals surface area contributed by atoms with Crippen LogP contribution in [0.2, 0.25) is 5.02 Å². The van der Waals surface area contributed by atoms with Crippen molar-refractivity contribution in [3.63, 3.8) is 0 Å². The molecule has 0 saturated carbocycles. The highest BCUT2D eigenvalue weighted by Gasteiger charge is 2.31. The van der Waals surface area contributed by atoms with E-state index >= 15 is 0 Å². The molecule has 0 aliphatic carbocycles. The molecule has 1 aromatic carbocycles. The van der Waals surface area contributed by atoms with Gasteiger partial charge in [-0.2, -0.15) is 5.10 Å². The van der Waals surface area contributed by atoms with Gasteiger partial charge < -0.3 is 0 Å². The van der Waals surface area contributed by atoms with Gasteiger partial charge in [0.25, 0.3) is 0 Å². The van der Waals surface area contributed by atoms with E-state index < -0.39 is 9.84 Å². The summed E-state index contributed by atoms with van der Waals surface area (Å²) < 4.78 is 25.5. The summed E-state index contributed by atoms with van der Waals surface area (Å²) in [6, 6.07) is 8.02. The molecule has 5 nitrogen and oxygen atoms in total. The van der Waals surface area contributed by atoms with Crippen LogP contribution in [0.15, 0.2) is 24.3 Å². The van der Waals surface area contributed by atoms with Crippen LogP contribution in [0.3, 0.4) is 0 Å². The number of aryl methyl sites for hydroxylation is 1. The normalized spacial score (nSPS) is 20.6. The summed E-state index contributed by atoms with van der Waals surface area (Å²) >= 11 is 6.35. The monoisotopic (exact) mass is 395 g/mol. The van der Waals surface area contributed by atoms with E-state index in [-0.39, 0.29) is 23.6 Å². The Morgan fingerprint density at radius 3 is 2.65 bits per heavy atom. The molecule has 1 aromatic heterocycles. The molecule has 1 saturated heterocycles. The number of hydrogen-bond donors (Lipinski definition) is 0. The summed E-state index contributed by atoms with van der Waals surface area (Å²) in [5.41, 5.74) is 4.28. The second-order valence-corrected chi connectivity index (χ2v) is 9.90. The molecule has 0 bridgehead atoms. The number of halogens is 1. The van der Waals surface area contributed by atoms with Gasteiger partial charge in [0.05, 0.1) is 23.2 Å². The Balaban J connectivity index is 1.81. The third kappa shape index (κ3) is 3.82. The first-order chi connectivity index (χ1) is 12.2. The number of hydrogen-bond acceptors (Lipinski definition) is 4. The van der Waals surface area contributed by atoms with Crippen molar-refractivity contribution in [2.24, 2.45) is 0 Å². The Bertz CT molecular complexity index is 908. The van der Waals surface area contributed by atoms with Crippen LogP contribution in [0.1, 0.15) is 47.9 Å². The van der Waals surface area contributed by atoms with Crippen LogP contribution in [0.4, 0.5) is 0 Å². The molecule has 1 fully saturated rings. The Kier molecular flexibility index (Phi) is 5.47. The zero-order valence-electron chi connectivity index (χ0n) is 15.7. The Morgan fingerprint density at radius 2 is 2.04 bits per heavy atom. The number of aromatic nitrogens is 2. The molecular formula is C19H26ClN3O2S. The number of sulfone groups is 1. The fourth-order valence-corrected chi connectivity index (χ4v) is 5.67. The van der Waals surface area contributed by atoms with Crippen LogP contribution in [-0.2, 0) is 16.4 Å². The molecule has 0 unspecified atom stereocenters. The van der Waals surface area contributed by atoms with Gasteiger partial charge in [-0.3, -0.25) is 9.58 Å². The van der Waals surface area contributed by atoms with Crippen LogP contribution in [0, 0.1) is 13.8 Å². The van der Waals surface area contributed by atoms with Crippen molar-refractivity contribution < 1.29 is 8.42 Å². The second-order valence-electron chi connectivity index (χ2n) is 7.26. The fourth-order valence-electron chi connectivity index (χ4n) is 3.69. The second kappa shape index (κ2) is 7.33. The van der Waals surface area contributed by atoms with Crippen LogP contribution in [0.25, 0.3) is 0 Å². The first kappa shape index (κ1) is 19.4. The maximum Gasteiger partial charge on any atom is 0.152 e. The van der Waals surface area contributed by atoms with Crippen LogP contribution >= 0.6 is 11.6 Å². The molecular weight excluding hydrogens is 370 g/mol. The van der Waals surface area contributed by atoms with Crippen molar-refractivity contribution in [3.8, 4) is 0 Å². The largest absolute Gasteiger partial charge is 0.295 e. The molecule has 7 heteroatoms. The van der Waals surface area contributed by atoms with Gasteiger partial charge in [-0.25, -0.2) is 8.42 Å². The Hall–Kier alpha value is -1.37. The first-order valence-corrected chi connectivity index (χ1v) is 11.1. The smallest absolute Gasteiger partial charge is 0.152 e. The summed E-state index contributed by atoms with van der Waals surface area (Å²) in [6.45, 7) is 6.91. The van der Waals surface area contributed by atoms with Gasteiger partial charge >= 0.3 is 0 Å². The van der Waals surface area contributed by atoms with Gasteiger partial charge in [0.2, 0.25) is 0 Å². The Morgan fingerprint density at radius 1 is 1.35 bits per heavy atom. The predicted molar refractivity (Wildman–Crippen MR) is 105 cm³/mol. The third-order valence-electron chi connectivity index (χ3n) is 5.45. The first-order valence-electron chi connectivity index (χ1n) is 8.89. The molecule has 2 atom stereocenters. The molecule has 1 aliphatic heterocycles. The molecule has 0 radical (unpaired) electrons. The van der Waals surface area contributed by atoms with E-state index in [2.05, 4.69) is 30.0 Å². The summed E-state index contributed by atoms with van der Waals surface area (Å²) in [5.74, 6) is 0.453. The van der Waals surface area contributed by atoms with Gasteiger partial charge in [-0.05, 0) is 45.9 Å². The molecule has 142 valence electrons. The standard InChI is InChI=1S/C19H26ClN3O2S/c1-13-18(11-22(4)14(2)17-7-5-6-8-19(17)20)15(3)23(21-13)16-9-10-26(24,25)12-16/h5-8,14,16H,9-12H2,1-4H3/t14-,16-/m0/s1. The maximum absolute atomic E-state index is 11.8. The predicted octanol–water partition coefficient (Wildman–Crippen LogP) is 3.71. The molecule has 0 spiro atoms. The van der Waals surface area contributed by atoms with Gasteiger partial charge in [-0.1, -0.05) is 29.8 Å². The van der Waals surface area contributed by atoms with E-state index in [4.69, 9.17) is 11.6 Å². The van der Waals surface area contributed by atoms with Crippen molar-refractivity contribution in [2.45, 2.75) is 45.8 Å². The lowest BCUT2D eigenvalue weighted by Gasteiger charge is -2.26. The lowest BCUT2D eigenvalue weighted by molar-refractivity contribution is 0.252. The van der Waals surface area contributed by atoms with E-state index in [1.807, 2.05) is 36.7 Å². The lowest BCUT2D eigenvalue weighted by atomic mass is 10.1. The van der Waals surface area contributed by atoms with E-state index in [0.29, 0.717) is 6.42 Å².